The second kappa shape index (κ2) is 8.75. The van der Waals surface area contributed by atoms with Crippen LogP contribution in [0.5, 0.6) is 5.75 Å². The number of nitrogens with zero attached hydrogens (tertiary/aromatic N) is 1. The Labute approximate surface area is 169 Å². The van der Waals surface area contributed by atoms with Crippen LogP contribution in [0, 0.1) is 0 Å². The maximum Gasteiger partial charge on any atom is 0.416 e. The summed E-state index contributed by atoms with van der Waals surface area (Å²) in [6.45, 7) is 0.797. The predicted molar refractivity (Wildman–Crippen MR) is 105 cm³/mol. The van der Waals surface area contributed by atoms with Gasteiger partial charge in [0.1, 0.15) is 5.75 Å². The van der Waals surface area contributed by atoms with Crippen LogP contribution in [0.2, 0.25) is 0 Å². The summed E-state index contributed by atoms with van der Waals surface area (Å²) in [4.78, 5) is 0. The first-order valence-corrected chi connectivity index (χ1v) is 11.1. The maximum atomic E-state index is 13.0. The van der Waals surface area contributed by atoms with Crippen molar-refractivity contribution in [2.45, 2.75) is 37.1 Å². The Morgan fingerprint density at radius 2 is 1.69 bits per heavy atom. The molecule has 0 bridgehead atoms. The van der Waals surface area contributed by atoms with E-state index in [1.54, 1.807) is 7.11 Å². The molecule has 0 aliphatic carbocycles. The van der Waals surface area contributed by atoms with Crippen molar-refractivity contribution in [1.29, 1.82) is 0 Å². The lowest BCUT2D eigenvalue weighted by Crippen LogP contribution is -2.35. The second-order valence-electron chi connectivity index (χ2n) is 7.27. The lowest BCUT2D eigenvalue weighted by atomic mass is 9.94. The van der Waals surface area contributed by atoms with E-state index in [4.69, 9.17) is 4.74 Å². The minimum atomic E-state index is -4.44. The van der Waals surface area contributed by atoms with Crippen molar-refractivity contribution in [2.75, 3.05) is 20.2 Å². The van der Waals surface area contributed by atoms with E-state index >= 15 is 0 Å². The topological polar surface area (TPSA) is 46.6 Å². The average Bonchev–Trinajstić information content (AvgIpc) is 2.94. The normalized spacial score (nSPS) is 19.0. The van der Waals surface area contributed by atoms with Crippen LogP contribution in [0.25, 0.3) is 0 Å². The number of methoxy groups -OCH3 is 1. The molecule has 1 heterocycles. The highest BCUT2D eigenvalue weighted by Gasteiger charge is 2.31. The van der Waals surface area contributed by atoms with E-state index in [2.05, 4.69) is 0 Å². The summed E-state index contributed by atoms with van der Waals surface area (Å²) in [5.74, 6) is 0.514. The first-order chi connectivity index (χ1) is 13.7. The molecule has 1 atom stereocenters. The number of rotatable bonds is 5. The zero-order valence-corrected chi connectivity index (χ0v) is 17.0. The van der Waals surface area contributed by atoms with Gasteiger partial charge in [-0.2, -0.15) is 13.2 Å². The number of sulfonamides is 1. The van der Waals surface area contributed by atoms with Crippen molar-refractivity contribution < 1.29 is 26.3 Å². The fourth-order valence-electron chi connectivity index (χ4n) is 3.60. The summed E-state index contributed by atoms with van der Waals surface area (Å²) in [5.41, 5.74) is 0.624. The van der Waals surface area contributed by atoms with E-state index < -0.39 is 21.8 Å². The van der Waals surface area contributed by atoms with Gasteiger partial charge in [0, 0.05) is 13.1 Å². The molecule has 0 N–H and O–H groups in total. The van der Waals surface area contributed by atoms with Crippen LogP contribution in [0.15, 0.2) is 48.5 Å². The smallest absolute Gasteiger partial charge is 0.416 e. The molecule has 8 heteroatoms. The second-order valence-corrected chi connectivity index (χ2v) is 9.24. The van der Waals surface area contributed by atoms with Crippen molar-refractivity contribution in [2.24, 2.45) is 0 Å². The molecule has 1 aliphatic heterocycles. The van der Waals surface area contributed by atoms with E-state index in [1.807, 2.05) is 24.3 Å². The number of ether oxygens (including phenoxy) is 1. The van der Waals surface area contributed by atoms with Crippen LogP contribution < -0.4 is 4.74 Å². The molecule has 1 aliphatic rings. The lowest BCUT2D eigenvalue weighted by Gasteiger charge is -2.24. The monoisotopic (exact) mass is 427 g/mol. The summed E-state index contributed by atoms with van der Waals surface area (Å²) < 4.78 is 70.7. The predicted octanol–water partition coefficient (Wildman–Crippen LogP) is 4.81. The summed E-state index contributed by atoms with van der Waals surface area (Å²) in [5, 5.41) is 0. The number of hydrogen-bond donors (Lipinski definition) is 0. The summed E-state index contributed by atoms with van der Waals surface area (Å²) in [6, 6.07) is 12.0. The first kappa shape index (κ1) is 21.6. The Balaban J connectivity index is 1.74. The zero-order valence-electron chi connectivity index (χ0n) is 16.2. The molecular formula is C21H24F3NO3S. The van der Waals surface area contributed by atoms with Gasteiger partial charge in [-0.3, -0.25) is 0 Å². The molecule has 2 aromatic carbocycles. The van der Waals surface area contributed by atoms with E-state index in [0.717, 1.165) is 42.7 Å². The Morgan fingerprint density at radius 1 is 1.03 bits per heavy atom. The molecule has 0 aromatic heterocycles. The van der Waals surface area contributed by atoms with Gasteiger partial charge < -0.3 is 4.74 Å². The Bertz CT molecular complexity index is 910. The van der Waals surface area contributed by atoms with Gasteiger partial charge in [0.05, 0.1) is 18.4 Å². The largest absolute Gasteiger partial charge is 0.497 e. The molecular weight excluding hydrogens is 403 g/mol. The fourth-order valence-corrected chi connectivity index (χ4v) is 5.21. The van der Waals surface area contributed by atoms with Crippen molar-refractivity contribution in [3.63, 3.8) is 0 Å². The number of hydrogen-bond acceptors (Lipinski definition) is 3. The third-order valence-electron chi connectivity index (χ3n) is 5.25. The third kappa shape index (κ3) is 5.51. The molecule has 1 fully saturated rings. The maximum absolute atomic E-state index is 13.0. The van der Waals surface area contributed by atoms with Crippen LogP contribution in [-0.4, -0.2) is 32.9 Å². The molecule has 4 nitrogen and oxygen atoms in total. The third-order valence-corrected chi connectivity index (χ3v) is 7.06. The molecule has 3 rings (SSSR count). The van der Waals surface area contributed by atoms with Gasteiger partial charge in [0.15, 0.2) is 0 Å². The van der Waals surface area contributed by atoms with Crippen molar-refractivity contribution >= 4 is 10.0 Å². The van der Waals surface area contributed by atoms with Crippen LogP contribution in [0.3, 0.4) is 0 Å². The first-order valence-electron chi connectivity index (χ1n) is 9.47. The van der Waals surface area contributed by atoms with Crippen LogP contribution in [0.1, 0.15) is 41.9 Å². The van der Waals surface area contributed by atoms with Gasteiger partial charge in [0.2, 0.25) is 10.0 Å². The molecule has 0 saturated carbocycles. The Hall–Kier alpha value is -2.06. The summed E-state index contributed by atoms with van der Waals surface area (Å²) in [7, 11) is -2.04. The average molecular weight is 427 g/mol. The number of benzene rings is 2. The Morgan fingerprint density at radius 3 is 2.28 bits per heavy atom. The molecule has 0 spiro atoms. The molecule has 2 aromatic rings. The van der Waals surface area contributed by atoms with Crippen LogP contribution >= 0.6 is 0 Å². The molecule has 29 heavy (non-hydrogen) atoms. The highest BCUT2D eigenvalue weighted by Crippen LogP contribution is 2.31. The minimum Gasteiger partial charge on any atom is -0.497 e. The summed E-state index contributed by atoms with van der Waals surface area (Å²) in [6.07, 6.45) is -1.87. The molecule has 0 amide bonds. The van der Waals surface area contributed by atoms with Gasteiger partial charge in [0.25, 0.3) is 0 Å². The quantitative estimate of drug-likeness (QED) is 0.688. The summed E-state index contributed by atoms with van der Waals surface area (Å²) >= 11 is 0. The van der Waals surface area contributed by atoms with E-state index in [-0.39, 0.29) is 11.7 Å². The van der Waals surface area contributed by atoms with Gasteiger partial charge in [-0.05, 0) is 54.2 Å². The van der Waals surface area contributed by atoms with E-state index in [9.17, 15) is 21.6 Å². The van der Waals surface area contributed by atoms with Gasteiger partial charge in [-0.1, -0.05) is 30.7 Å². The standard InChI is InChI=1S/C21H24F3NO3S/c1-28-20-11-7-17(8-12-20)18-4-2-3-13-25(14-18)29(26,27)15-16-5-9-19(10-6-16)21(22,23)24/h5-12,18H,2-4,13-15H2,1H3. The Kier molecular flexibility index (Phi) is 6.53. The molecule has 1 saturated heterocycles. The lowest BCUT2D eigenvalue weighted by molar-refractivity contribution is -0.137. The highest BCUT2D eigenvalue weighted by molar-refractivity contribution is 7.88. The zero-order chi connectivity index (χ0) is 21.1. The minimum absolute atomic E-state index is 0.0748. The number of halogens is 3. The fraction of sp³-hybridized carbons (Fsp3) is 0.429. The van der Waals surface area contributed by atoms with Crippen molar-refractivity contribution in [3.8, 4) is 5.75 Å². The van der Waals surface area contributed by atoms with Gasteiger partial charge >= 0.3 is 6.18 Å². The van der Waals surface area contributed by atoms with Crippen molar-refractivity contribution in [1.82, 2.24) is 4.31 Å². The molecule has 158 valence electrons. The van der Waals surface area contributed by atoms with Gasteiger partial charge in [-0.25, -0.2) is 12.7 Å². The van der Waals surface area contributed by atoms with E-state index in [1.165, 1.54) is 16.4 Å². The van der Waals surface area contributed by atoms with E-state index in [0.29, 0.717) is 18.7 Å². The number of alkyl halides is 3. The van der Waals surface area contributed by atoms with Gasteiger partial charge in [-0.15, -0.1) is 0 Å². The van der Waals surface area contributed by atoms with Crippen LogP contribution in [0.4, 0.5) is 13.2 Å². The van der Waals surface area contributed by atoms with Crippen molar-refractivity contribution in [3.05, 3.63) is 65.2 Å². The molecule has 1 unspecified atom stereocenters. The molecule has 0 radical (unpaired) electrons. The van der Waals surface area contributed by atoms with Crippen LogP contribution in [-0.2, 0) is 22.0 Å². The SMILES string of the molecule is COc1ccc(C2CCCCN(S(=O)(=O)Cc3ccc(C(F)(F)F)cc3)C2)cc1. The highest BCUT2D eigenvalue weighted by atomic mass is 32.2.